The van der Waals surface area contributed by atoms with Crippen molar-refractivity contribution in [2.24, 2.45) is 5.16 Å². The van der Waals surface area contributed by atoms with E-state index in [1.165, 1.54) is 13.2 Å². The van der Waals surface area contributed by atoms with Gasteiger partial charge in [0.05, 0.1) is 5.71 Å². The summed E-state index contributed by atoms with van der Waals surface area (Å²) in [7, 11) is 1.50. The molecule has 0 saturated heterocycles. The maximum Gasteiger partial charge on any atom is 0.127 e. The lowest BCUT2D eigenvalue weighted by Gasteiger charge is -1.99. The number of halogens is 1. The van der Waals surface area contributed by atoms with Crippen LogP contribution in [0.1, 0.15) is 17.5 Å². The molecule has 0 aliphatic heterocycles. The van der Waals surface area contributed by atoms with Gasteiger partial charge in [-0.25, -0.2) is 4.39 Å². The molecule has 0 amide bonds. The zero-order chi connectivity index (χ0) is 9.26. The van der Waals surface area contributed by atoms with E-state index in [1.807, 2.05) is 6.07 Å². The number of hydrogen-bond donors (Lipinski definition) is 0. The Morgan fingerprint density at radius 1 is 1.38 bits per heavy atom. The smallest absolute Gasteiger partial charge is 0.127 e. The third kappa shape index (κ3) is 1.30. The van der Waals surface area contributed by atoms with Crippen molar-refractivity contribution in [3.05, 3.63) is 35.1 Å². The van der Waals surface area contributed by atoms with Gasteiger partial charge in [-0.05, 0) is 24.5 Å². The van der Waals surface area contributed by atoms with E-state index in [0.29, 0.717) is 0 Å². The molecular weight excluding hydrogens is 169 g/mol. The molecule has 0 saturated carbocycles. The monoisotopic (exact) mass is 179 g/mol. The van der Waals surface area contributed by atoms with Crippen LogP contribution in [0.25, 0.3) is 0 Å². The van der Waals surface area contributed by atoms with E-state index in [-0.39, 0.29) is 5.82 Å². The highest BCUT2D eigenvalue weighted by molar-refractivity contribution is 6.04. The first-order chi connectivity index (χ1) is 6.33. The van der Waals surface area contributed by atoms with Crippen LogP contribution in [0.15, 0.2) is 23.4 Å². The highest BCUT2D eigenvalue weighted by Gasteiger charge is 2.20. The third-order valence-electron chi connectivity index (χ3n) is 2.24. The molecule has 0 radical (unpaired) electrons. The second kappa shape index (κ2) is 3.17. The Bertz CT molecular complexity index is 360. The lowest BCUT2D eigenvalue weighted by atomic mass is 10.1. The SMILES string of the molecule is CO/N=C1/CCc2c(F)cccc21. The van der Waals surface area contributed by atoms with Gasteiger partial charge in [0.25, 0.3) is 0 Å². The van der Waals surface area contributed by atoms with Crippen LogP contribution in [-0.2, 0) is 11.3 Å². The molecule has 0 spiro atoms. The van der Waals surface area contributed by atoms with Crippen molar-refractivity contribution in [3.8, 4) is 0 Å². The summed E-state index contributed by atoms with van der Waals surface area (Å²) in [6.45, 7) is 0. The Balaban J connectivity index is 2.49. The van der Waals surface area contributed by atoms with Crippen molar-refractivity contribution in [1.29, 1.82) is 0 Å². The summed E-state index contributed by atoms with van der Waals surface area (Å²) >= 11 is 0. The summed E-state index contributed by atoms with van der Waals surface area (Å²) in [5.74, 6) is -0.140. The molecule has 1 aliphatic carbocycles. The van der Waals surface area contributed by atoms with Crippen LogP contribution < -0.4 is 0 Å². The lowest BCUT2D eigenvalue weighted by Crippen LogP contribution is -1.95. The van der Waals surface area contributed by atoms with Gasteiger partial charge >= 0.3 is 0 Å². The summed E-state index contributed by atoms with van der Waals surface area (Å²) in [6.07, 6.45) is 1.49. The molecule has 0 unspecified atom stereocenters. The Labute approximate surface area is 76.0 Å². The van der Waals surface area contributed by atoms with Gasteiger partial charge in [-0.2, -0.15) is 0 Å². The maximum atomic E-state index is 13.2. The second-order valence-electron chi connectivity index (χ2n) is 2.99. The molecule has 0 fully saturated rings. The van der Waals surface area contributed by atoms with Gasteiger partial charge in [0.2, 0.25) is 0 Å². The van der Waals surface area contributed by atoms with Crippen molar-refractivity contribution in [3.63, 3.8) is 0 Å². The van der Waals surface area contributed by atoms with Crippen LogP contribution in [0.4, 0.5) is 4.39 Å². The Morgan fingerprint density at radius 2 is 2.23 bits per heavy atom. The first-order valence-corrected chi connectivity index (χ1v) is 4.20. The quantitative estimate of drug-likeness (QED) is 0.605. The molecule has 3 heteroatoms. The summed E-state index contributed by atoms with van der Waals surface area (Å²) in [5.41, 5.74) is 2.50. The Kier molecular flexibility index (Phi) is 2.00. The molecule has 68 valence electrons. The Morgan fingerprint density at radius 3 is 3.00 bits per heavy atom. The number of hydrogen-bond acceptors (Lipinski definition) is 2. The van der Waals surface area contributed by atoms with Gasteiger partial charge in [-0.3, -0.25) is 0 Å². The van der Waals surface area contributed by atoms with Gasteiger partial charge in [-0.15, -0.1) is 0 Å². The molecule has 0 atom stereocenters. The first-order valence-electron chi connectivity index (χ1n) is 4.20. The molecule has 0 bridgehead atoms. The van der Waals surface area contributed by atoms with Gasteiger partial charge in [0, 0.05) is 5.56 Å². The van der Waals surface area contributed by atoms with Gasteiger partial charge in [0.1, 0.15) is 12.9 Å². The van der Waals surface area contributed by atoms with Crippen molar-refractivity contribution in [2.75, 3.05) is 7.11 Å². The van der Waals surface area contributed by atoms with E-state index in [4.69, 9.17) is 0 Å². The minimum atomic E-state index is -0.140. The summed E-state index contributed by atoms with van der Waals surface area (Å²) in [6, 6.07) is 5.06. The summed E-state index contributed by atoms with van der Waals surface area (Å²) in [4.78, 5) is 4.69. The van der Waals surface area contributed by atoms with E-state index in [9.17, 15) is 4.39 Å². The largest absolute Gasteiger partial charge is 0.399 e. The number of benzene rings is 1. The van der Waals surface area contributed by atoms with Crippen LogP contribution in [0.3, 0.4) is 0 Å². The van der Waals surface area contributed by atoms with Crippen molar-refractivity contribution in [2.45, 2.75) is 12.8 Å². The molecule has 0 N–H and O–H groups in total. The fourth-order valence-electron chi connectivity index (χ4n) is 1.67. The van der Waals surface area contributed by atoms with Crippen molar-refractivity contribution >= 4 is 5.71 Å². The zero-order valence-electron chi connectivity index (χ0n) is 7.38. The molecule has 13 heavy (non-hydrogen) atoms. The van der Waals surface area contributed by atoms with Crippen LogP contribution in [0.2, 0.25) is 0 Å². The molecule has 2 nitrogen and oxygen atoms in total. The van der Waals surface area contributed by atoms with Crippen molar-refractivity contribution in [1.82, 2.24) is 0 Å². The molecule has 0 aromatic heterocycles. The van der Waals surface area contributed by atoms with Crippen LogP contribution in [-0.4, -0.2) is 12.8 Å². The highest BCUT2D eigenvalue weighted by Crippen LogP contribution is 2.24. The zero-order valence-corrected chi connectivity index (χ0v) is 7.38. The van der Waals surface area contributed by atoms with Gasteiger partial charge < -0.3 is 4.84 Å². The van der Waals surface area contributed by atoms with Crippen molar-refractivity contribution < 1.29 is 9.23 Å². The van der Waals surface area contributed by atoms with Gasteiger partial charge in [0.15, 0.2) is 0 Å². The topological polar surface area (TPSA) is 21.6 Å². The number of nitrogens with zero attached hydrogens (tertiary/aromatic N) is 1. The Hall–Kier alpha value is -1.38. The highest BCUT2D eigenvalue weighted by atomic mass is 19.1. The predicted octanol–water partition coefficient (Wildman–Crippen LogP) is 2.12. The standard InChI is InChI=1S/C10H10FNO/c1-13-12-10-6-5-7-8(10)3-2-4-9(7)11/h2-4H,5-6H2,1H3/b12-10-. The third-order valence-corrected chi connectivity index (χ3v) is 2.24. The fraction of sp³-hybridized carbons (Fsp3) is 0.300. The second-order valence-corrected chi connectivity index (χ2v) is 2.99. The van der Waals surface area contributed by atoms with E-state index in [0.717, 1.165) is 29.7 Å². The van der Waals surface area contributed by atoms with Gasteiger partial charge in [-0.1, -0.05) is 17.3 Å². The molecular formula is C10H10FNO. The van der Waals surface area contributed by atoms with E-state index >= 15 is 0 Å². The minimum Gasteiger partial charge on any atom is -0.399 e. The lowest BCUT2D eigenvalue weighted by molar-refractivity contribution is 0.213. The summed E-state index contributed by atoms with van der Waals surface area (Å²) < 4.78 is 13.2. The van der Waals surface area contributed by atoms with E-state index in [1.54, 1.807) is 6.07 Å². The summed E-state index contributed by atoms with van der Waals surface area (Å²) in [5, 5.41) is 3.86. The maximum absolute atomic E-state index is 13.2. The van der Waals surface area contributed by atoms with E-state index in [2.05, 4.69) is 9.99 Å². The molecule has 1 aromatic rings. The van der Waals surface area contributed by atoms with Crippen LogP contribution in [0.5, 0.6) is 0 Å². The minimum absolute atomic E-state index is 0.140. The number of fused-ring (bicyclic) bond motifs is 1. The fourth-order valence-corrected chi connectivity index (χ4v) is 1.67. The molecule has 2 rings (SSSR count). The average Bonchev–Trinajstić information content (AvgIpc) is 2.51. The normalized spacial score (nSPS) is 17.5. The molecule has 0 heterocycles. The number of rotatable bonds is 1. The van der Waals surface area contributed by atoms with Crippen LogP contribution in [0, 0.1) is 5.82 Å². The molecule has 1 aliphatic rings. The molecule has 1 aromatic carbocycles. The number of oxime groups is 1. The van der Waals surface area contributed by atoms with Crippen LogP contribution >= 0.6 is 0 Å². The van der Waals surface area contributed by atoms with E-state index < -0.39 is 0 Å². The first kappa shape index (κ1) is 8.23. The predicted molar refractivity (Wildman–Crippen MR) is 48.3 cm³/mol. The average molecular weight is 179 g/mol.